The molecule has 0 aliphatic heterocycles. The lowest BCUT2D eigenvalue weighted by atomic mass is 10.3. The summed E-state index contributed by atoms with van der Waals surface area (Å²) in [5, 5.41) is -5.37. The Hall–Kier alpha value is -2.23. The summed E-state index contributed by atoms with van der Waals surface area (Å²) in [4.78, 5) is 10.0. The summed E-state index contributed by atoms with van der Waals surface area (Å²) >= 11 is 0. The fraction of sp³-hybridized carbons (Fsp3) is 0.538. The maximum absolute atomic E-state index is 12.9. The first-order valence-corrected chi connectivity index (χ1v) is 8.87. The molecular weight excluding hydrogens is 444 g/mol. The lowest BCUT2D eigenvalue weighted by Gasteiger charge is -2.18. The van der Waals surface area contributed by atoms with E-state index in [2.05, 4.69) is 15.0 Å². The van der Waals surface area contributed by atoms with Gasteiger partial charge in [-0.15, -0.1) is 0 Å². The lowest BCUT2D eigenvalue weighted by Crippen LogP contribution is -2.35. The largest absolute Gasteiger partial charge is 0.428 e. The number of hydrogen-bond acceptors (Lipinski definition) is 4. The fourth-order valence-electron chi connectivity index (χ4n) is 1.45. The van der Waals surface area contributed by atoms with Crippen LogP contribution in [-0.4, -0.2) is 50.6 Å². The van der Waals surface area contributed by atoms with Crippen molar-refractivity contribution in [2.75, 3.05) is 0 Å². The second-order valence-electron chi connectivity index (χ2n) is 4.95. The van der Waals surface area contributed by atoms with E-state index in [1.807, 2.05) is 0 Å². The number of nitrogens with one attached hydrogen (secondary N) is 1. The normalized spacial score (nSPS) is 12.3. The van der Waals surface area contributed by atoms with E-state index in [-0.39, 0.29) is 16.8 Å². The molecule has 2 aromatic heterocycles. The van der Waals surface area contributed by atoms with Crippen molar-refractivity contribution in [3.05, 3.63) is 36.9 Å². The molecule has 2 heterocycles. The van der Waals surface area contributed by atoms with Crippen LogP contribution in [0.25, 0.3) is 0 Å². The average Bonchev–Trinajstić information content (AvgIpc) is 3.29. The van der Waals surface area contributed by atoms with Crippen LogP contribution in [0.4, 0.5) is 35.1 Å². The number of aromatic amines is 1. The summed E-state index contributed by atoms with van der Waals surface area (Å²) in [6.07, 6.45) is -0.237. The molecule has 0 aliphatic carbocycles. The Morgan fingerprint density at radius 3 is 2.00 bits per heavy atom. The molecule has 7 nitrogen and oxygen atoms in total. The minimum atomic E-state index is -5.98. The van der Waals surface area contributed by atoms with Gasteiger partial charge in [0.05, 0.1) is 6.33 Å². The Labute approximate surface area is 159 Å². The van der Waals surface area contributed by atoms with E-state index in [4.69, 9.17) is 4.55 Å². The van der Waals surface area contributed by atoms with Gasteiger partial charge in [-0.3, -0.25) is 9.12 Å². The van der Waals surface area contributed by atoms with E-state index < -0.39 is 34.3 Å². The number of nitrogens with zero attached hydrogens (tertiary/aromatic N) is 3. The van der Waals surface area contributed by atoms with Crippen molar-refractivity contribution in [2.45, 2.75) is 43.9 Å². The van der Waals surface area contributed by atoms with E-state index >= 15 is 0 Å². The number of aryl methyl sites for hydroxylation is 1. The van der Waals surface area contributed by atoms with Crippen molar-refractivity contribution in [1.29, 1.82) is 0 Å². The van der Waals surface area contributed by atoms with Crippen LogP contribution in [0, 0.1) is 0 Å². The van der Waals surface area contributed by atoms with Crippen molar-refractivity contribution >= 4 is 10.1 Å². The first kappa shape index (κ1) is 26.8. The van der Waals surface area contributed by atoms with Crippen LogP contribution in [0.1, 0.15) is 19.2 Å². The molecule has 0 aromatic carbocycles. The van der Waals surface area contributed by atoms with Crippen LogP contribution in [0.5, 0.6) is 0 Å². The molecule has 0 amide bonds. The highest BCUT2D eigenvalue weighted by atomic mass is 32.2. The number of alkyl halides is 8. The maximum Gasteiger partial charge on any atom is 0.428 e. The molecule has 2 rings (SSSR count). The van der Waals surface area contributed by atoms with Crippen LogP contribution in [-0.2, 0) is 22.6 Å². The zero-order chi connectivity index (χ0) is 22.9. The van der Waals surface area contributed by atoms with Gasteiger partial charge in [-0.2, -0.15) is 26.0 Å². The van der Waals surface area contributed by atoms with Gasteiger partial charge in [0, 0.05) is 31.2 Å². The van der Waals surface area contributed by atoms with Gasteiger partial charge in [-0.25, -0.2) is 27.5 Å². The highest BCUT2D eigenvalue weighted by Crippen LogP contribution is 2.30. The van der Waals surface area contributed by atoms with Gasteiger partial charge < -0.3 is 4.98 Å². The van der Waals surface area contributed by atoms with Crippen molar-refractivity contribution in [2.24, 2.45) is 0 Å². The molecule has 0 saturated heterocycles. The van der Waals surface area contributed by atoms with Gasteiger partial charge >= 0.3 is 34.3 Å². The van der Waals surface area contributed by atoms with E-state index in [1.165, 1.54) is 0 Å². The number of H-pyrrole nitrogens is 1. The predicted molar refractivity (Wildman–Crippen MR) is 83.5 cm³/mol. The minimum Gasteiger partial charge on any atom is -0.351 e. The average molecular weight is 460 g/mol. The number of imidazole rings is 2. The first-order chi connectivity index (χ1) is 13.2. The summed E-state index contributed by atoms with van der Waals surface area (Å²) in [5.41, 5.74) is 0. The Morgan fingerprint density at radius 1 is 1.14 bits per heavy atom. The molecular formula is C13H16F8N4O3S. The molecule has 0 bridgehead atoms. The number of hydrogen-bond donors (Lipinski definition) is 2. The van der Waals surface area contributed by atoms with Crippen LogP contribution in [0.2, 0.25) is 0 Å². The summed E-state index contributed by atoms with van der Waals surface area (Å²) in [6, 6.07) is -4.17. The first-order valence-electron chi connectivity index (χ1n) is 7.43. The van der Waals surface area contributed by atoms with Gasteiger partial charge in [0.25, 0.3) is 0 Å². The summed E-state index contributed by atoms with van der Waals surface area (Å²) in [5.74, 6) is -0.0159. The monoisotopic (exact) mass is 460 g/mol. The molecule has 0 aliphatic rings. The highest BCUT2D eigenvalue weighted by Gasteiger charge is 2.53. The lowest BCUT2D eigenvalue weighted by molar-refractivity contribution is -0.190. The number of halogens is 8. The van der Waals surface area contributed by atoms with E-state index in [0.717, 1.165) is 12.4 Å². The molecule has 2 N–H and O–H groups in total. The van der Waals surface area contributed by atoms with Crippen LogP contribution < -0.4 is 0 Å². The van der Waals surface area contributed by atoms with Crippen LogP contribution >= 0.6 is 0 Å². The summed E-state index contributed by atoms with van der Waals surface area (Å²) in [7, 11) is -5.98. The topological polar surface area (TPSA) is 101 Å². The van der Waals surface area contributed by atoms with Crippen LogP contribution in [0.15, 0.2) is 31.1 Å². The quantitative estimate of drug-likeness (QED) is 0.505. The van der Waals surface area contributed by atoms with E-state index in [1.54, 1.807) is 25.6 Å². The van der Waals surface area contributed by atoms with Crippen LogP contribution in [0.3, 0.4) is 0 Å². The Bertz CT molecular complexity index is 780. The fourth-order valence-corrected chi connectivity index (χ4v) is 1.67. The third-order valence-electron chi connectivity index (χ3n) is 2.78. The predicted octanol–water partition coefficient (Wildman–Crippen LogP) is 3.79. The van der Waals surface area contributed by atoms with Gasteiger partial charge in [-0.1, -0.05) is 6.92 Å². The molecule has 0 atom stereocenters. The Morgan fingerprint density at radius 2 is 1.72 bits per heavy atom. The third-order valence-corrected chi connectivity index (χ3v) is 3.64. The van der Waals surface area contributed by atoms with Gasteiger partial charge in [-0.05, 0) is 6.42 Å². The maximum atomic E-state index is 12.9. The molecule has 0 radical (unpaired) electrons. The van der Waals surface area contributed by atoms with E-state index in [9.17, 15) is 43.5 Å². The van der Waals surface area contributed by atoms with Gasteiger partial charge in [0.1, 0.15) is 5.82 Å². The molecule has 0 unspecified atom stereocenters. The minimum absolute atomic E-state index is 0.0159. The zero-order valence-electron chi connectivity index (χ0n) is 14.5. The molecule has 0 fully saturated rings. The Balaban J connectivity index is 0.000000452. The summed E-state index contributed by atoms with van der Waals surface area (Å²) < 4.78 is 121. The van der Waals surface area contributed by atoms with Crippen molar-refractivity contribution in [3.8, 4) is 0 Å². The molecule has 0 saturated carbocycles. The van der Waals surface area contributed by atoms with Crippen molar-refractivity contribution in [3.63, 3.8) is 0 Å². The Kier molecular flexibility index (Phi) is 10.2. The molecule has 16 heteroatoms. The smallest absolute Gasteiger partial charge is 0.351 e. The molecule has 2 aromatic rings. The molecule has 29 heavy (non-hydrogen) atoms. The second kappa shape index (κ2) is 11.1. The number of rotatable bonds is 6. The highest BCUT2D eigenvalue weighted by molar-refractivity contribution is 7.86. The zero-order valence-corrected chi connectivity index (χ0v) is 15.3. The molecule has 168 valence electrons. The third kappa shape index (κ3) is 7.96. The SMILES string of the molecule is CCCc1nccn1C(F)(F)C(F)F.O=S(=O)(O)C(F)(F)C(F)F.c1c[nH]cn1. The van der Waals surface area contributed by atoms with Gasteiger partial charge in [0.2, 0.25) is 0 Å². The summed E-state index contributed by atoms with van der Waals surface area (Å²) in [6.45, 7) is 1.76. The van der Waals surface area contributed by atoms with Crippen molar-refractivity contribution < 1.29 is 48.1 Å². The van der Waals surface area contributed by atoms with Gasteiger partial charge in [0.15, 0.2) is 0 Å². The van der Waals surface area contributed by atoms with Crippen molar-refractivity contribution in [1.82, 2.24) is 19.5 Å². The second-order valence-corrected chi connectivity index (χ2v) is 6.44. The van der Waals surface area contributed by atoms with E-state index in [0.29, 0.717) is 6.42 Å². The number of aromatic nitrogens is 4. The standard InChI is InChI=1S/C8H10F4N2.C3H4N2.C2H2F4O3S/c1-2-3-6-13-4-5-14(6)8(11,12)7(9)10;1-2-5-3-4-1;3-1(4)2(5,6)10(7,8)9/h4-5,7H,2-3H2,1H3;1-3H,(H,4,5);1H,(H,7,8,9). The molecule has 0 spiro atoms.